The van der Waals surface area contributed by atoms with E-state index >= 15 is 0 Å². The van der Waals surface area contributed by atoms with Crippen molar-refractivity contribution in [1.29, 1.82) is 0 Å². The highest BCUT2D eigenvalue weighted by atomic mass is 32.2. The summed E-state index contributed by atoms with van der Waals surface area (Å²) in [6.45, 7) is 0. The summed E-state index contributed by atoms with van der Waals surface area (Å²) >= 11 is 4.21. The van der Waals surface area contributed by atoms with Gasteiger partial charge in [-0.15, -0.1) is 21.5 Å². The number of esters is 1. The van der Waals surface area contributed by atoms with E-state index in [4.69, 9.17) is 4.74 Å². The first kappa shape index (κ1) is 16.4. The Hall–Kier alpha value is -1.45. The van der Waals surface area contributed by atoms with Gasteiger partial charge in [-0.1, -0.05) is 23.1 Å². The molecule has 1 aliphatic carbocycles. The molecule has 2 aromatic rings. The van der Waals surface area contributed by atoms with Crippen LogP contribution >= 0.6 is 34.4 Å². The minimum atomic E-state index is -0.378. The summed E-state index contributed by atoms with van der Waals surface area (Å²) in [5.41, 5.74) is 3.20. The van der Waals surface area contributed by atoms with Gasteiger partial charge >= 0.3 is 5.97 Å². The van der Waals surface area contributed by atoms with Crippen LogP contribution in [0.25, 0.3) is 0 Å². The molecule has 23 heavy (non-hydrogen) atoms. The van der Waals surface area contributed by atoms with Gasteiger partial charge in [-0.3, -0.25) is 4.79 Å². The SMILES string of the molecule is COC(=O)c1c(NC(=O)CSc2nncs2)sc2c1CCCC2. The molecule has 1 N–H and O–H groups in total. The van der Waals surface area contributed by atoms with Crippen molar-refractivity contribution in [3.63, 3.8) is 0 Å². The predicted molar refractivity (Wildman–Crippen MR) is 91.6 cm³/mol. The zero-order valence-corrected chi connectivity index (χ0v) is 14.9. The Morgan fingerprint density at radius 2 is 2.22 bits per heavy atom. The van der Waals surface area contributed by atoms with Crippen LogP contribution in [0.1, 0.15) is 33.6 Å². The van der Waals surface area contributed by atoms with Crippen molar-refractivity contribution >= 4 is 51.3 Å². The van der Waals surface area contributed by atoms with E-state index in [9.17, 15) is 9.59 Å². The first-order valence-corrected chi connectivity index (χ1v) is 9.79. The van der Waals surface area contributed by atoms with Gasteiger partial charge < -0.3 is 10.1 Å². The lowest BCUT2D eigenvalue weighted by atomic mass is 9.95. The number of amides is 1. The number of anilines is 1. The monoisotopic (exact) mass is 369 g/mol. The molecule has 0 radical (unpaired) electrons. The van der Waals surface area contributed by atoms with Crippen LogP contribution in [0.3, 0.4) is 0 Å². The lowest BCUT2D eigenvalue weighted by molar-refractivity contribution is -0.113. The molecular weight excluding hydrogens is 354 g/mol. The maximum absolute atomic E-state index is 12.2. The van der Waals surface area contributed by atoms with E-state index in [-0.39, 0.29) is 17.6 Å². The molecule has 0 aliphatic heterocycles. The third kappa shape index (κ3) is 3.73. The summed E-state index contributed by atoms with van der Waals surface area (Å²) < 4.78 is 5.65. The largest absolute Gasteiger partial charge is 0.465 e. The molecule has 9 heteroatoms. The molecule has 0 saturated heterocycles. The molecule has 0 saturated carbocycles. The van der Waals surface area contributed by atoms with Crippen LogP contribution in [0, 0.1) is 0 Å². The van der Waals surface area contributed by atoms with Crippen molar-refractivity contribution in [2.75, 3.05) is 18.2 Å². The molecule has 0 spiro atoms. The highest BCUT2D eigenvalue weighted by molar-refractivity contribution is 8.01. The number of aryl methyl sites for hydroxylation is 1. The summed E-state index contributed by atoms with van der Waals surface area (Å²) in [5.74, 6) is -0.302. The maximum atomic E-state index is 12.2. The third-order valence-electron chi connectivity index (χ3n) is 3.48. The quantitative estimate of drug-likeness (QED) is 0.644. The number of thioether (sulfide) groups is 1. The minimum Gasteiger partial charge on any atom is -0.465 e. The Morgan fingerprint density at radius 3 is 2.96 bits per heavy atom. The van der Waals surface area contributed by atoms with Gasteiger partial charge in [-0.2, -0.15) is 0 Å². The van der Waals surface area contributed by atoms with Crippen LogP contribution in [0.4, 0.5) is 5.00 Å². The number of aromatic nitrogens is 2. The first-order chi connectivity index (χ1) is 11.2. The van der Waals surface area contributed by atoms with Gasteiger partial charge in [0.1, 0.15) is 10.5 Å². The van der Waals surface area contributed by atoms with E-state index < -0.39 is 0 Å². The van der Waals surface area contributed by atoms with Gasteiger partial charge in [0.2, 0.25) is 5.91 Å². The number of carbonyl (C=O) groups is 2. The third-order valence-corrected chi connectivity index (χ3v) is 6.55. The number of nitrogens with one attached hydrogen (secondary N) is 1. The Kier molecular flexibility index (Phi) is 5.29. The average Bonchev–Trinajstić information content (AvgIpc) is 3.19. The molecule has 1 aliphatic rings. The minimum absolute atomic E-state index is 0.158. The fourth-order valence-corrected chi connectivity index (χ4v) is 5.07. The zero-order chi connectivity index (χ0) is 16.2. The van der Waals surface area contributed by atoms with Gasteiger partial charge in [-0.25, -0.2) is 4.79 Å². The zero-order valence-electron chi connectivity index (χ0n) is 12.5. The van der Waals surface area contributed by atoms with E-state index in [1.54, 1.807) is 5.51 Å². The molecule has 3 rings (SSSR count). The second-order valence-electron chi connectivity index (χ2n) is 4.95. The Bertz CT molecular complexity index is 712. The molecule has 0 bridgehead atoms. The van der Waals surface area contributed by atoms with Gasteiger partial charge in [0.15, 0.2) is 4.34 Å². The molecule has 0 aromatic carbocycles. The predicted octanol–water partition coefficient (Wildman–Crippen LogP) is 3.00. The molecule has 122 valence electrons. The lowest BCUT2D eigenvalue weighted by Gasteiger charge is -2.11. The van der Waals surface area contributed by atoms with Crippen LogP contribution < -0.4 is 5.32 Å². The number of nitrogens with zero attached hydrogens (tertiary/aromatic N) is 2. The number of rotatable bonds is 5. The number of hydrogen-bond acceptors (Lipinski definition) is 8. The number of carbonyl (C=O) groups excluding carboxylic acids is 2. The molecule has 2 heterocycles. The molecule has 0 unspecified atom stereocenters. The van der Waals surface area contributed by atoms with Crippen molar-refractivity contribution in [2.45, 2.75) is 30.0 Å². The van der Waals surface area contributed by atoms with Gasteiger partial charge in [0.25, 0.3) is 0 Å². The number of methoxy groups -OCH3 is 1. The lowest BCUT2D eigenvalue weighted by Crippen LogP contribution is -2.16. The van der Waals surface area contributed by atoms with Crippen LogP contribution in [0.5, 0.6) is 0 Å². The second kappa shape index (κ2) is 7.41. The van der Waals surface area contributed by atoms with Crippen molar-refractivity contribution in [1.82, 2.24) is 10.2 Å². The Balaban J connectivity index is 1.74. The van der Waals surface area contributed by atoms with Crippen LogP contribution in [0.15, 0.2) is 9.85 Å². The van der Waals surface area contributed by atoms with Gasteiger partial charge in [-0.05, 0) is 31.2 Å². The normalized spacial score (nSPS) is 13.4. The molecular formula is C14H15N3O3S3. The van der Waals surface area contributed by atoms with Crippen molar-refractivity contribution in [2.24, 2.45) is 0 Å². The van der Waals surface area contributed by atoms with Crippen molar-refractivity contribution < 1.29 is 14.3 Å². The molecule has 2 aromatic heterocycles. The Morgan fingerprint density at radius 1 is 1.39 bits per heavy atom. The summed E-state index contributed by atoms with van der Waals surface area (Å²) in [6, 6.07) is 0. The highest BCUT2D eigenvalue weighted by Crippen LogP contribution is 2.38. The number of fused-ring (bicyclic) bond motifs is 1. The van der Waals surface area contributed by atoms with E-state index in [0.717, 1.165) is 35.6 Å². The topological polar surface area (TPSA) is 81.2 Å². The van der Waals surface area contributed by atoms with E-state index in [1.807, 2.05) is 0 Å². The van der Waals surface area contributed by atoms with E-state index in [2.05, 4.69) is 15.5 Å². The van der Waals surface area contributed by atoms with E-state index in [1.165, 1.54) is 46.4 Å². The van der Waals surface area contributed by atoms with Crippen LogP contribution in [0.2, 0.25) is 0 Å². The molecule has 6 nitrogen and oxygen atoms in total. The fraction of sp³-hybridized carbons (Fsp3) is 0.429. The second-order valence-corrected chi connectivity index (χ2v) is 8.11. The maximum Gasteiger partial charge on any atom is 0.341 e. The average molecular weight is 369 g/mol. The summed E-state index contributed by atoms with van der Waals surface area (Å²) in [4.78, 5) is 25.5. The van der Waals surface area contributed by atoms with Crippen molar-refractivity contribution in [3.8, 4) is 0 Å². The standard InChI is InChI=1S/C14H15N3O3S3/c1-20-13(19)11-8-4-2-3-5-9(8)23-12(11)16-10(18)6-21-14-17-15-7-22-14/h7H,2-6H2,1H3,(H,16,18). The smallest absolute Gasteiger partial charge is 0.341 e. The Labute approximate surface area is 145 Å². The summed E-state index contributed by atoms with van der Waals surface area (Å²) in [5, 5.41) is 11.1. The molecule has 1 amide bonds. The fourth-order valence-electron chi connectivity index (χ4n) is 2.49. The summed E-state index contributed by atoms with van der Waals surface area (Å²) in [6.07, 6.45) is 4.01. The number of ether oxygens (including phenoxy) is 1. The number of thiophene rings is 1. The van der Waals surface area contributed by atoms with Crippen LogP contribution in [-0.2, 0) is 22.4 Å². The van der Waals surface area contributed by atoms with Crippen molar-refractivity contribution in [3.05, 3.63) is 21.5 Å². The van der Waals surface area contributed by atoms with Crippen LogP contribution in [-0.4, -0.2) is 34.9 Å². The van der Waals surface area contributed by atoms with Gasteiger partial charge in [0, 0.05) is 4.88 Å². The van der Waals surface area contributed by atoms with Gasteiger partial charge in [0.05, 0.1) is 18.4 Å². The summed E-state index contributed by atoms with van der Waals surface area (Å²) in [7, 11) is 1.37. The number of hydrogen-bond donors (Lipinski definition) is 1. The highest BCUT2D eigenvalue weighted by Gasteiger charge is 2.26. The molecule has 0 atom stereocenters. The van der Waals surface area contributed by atoms with E-state index in [0.29, 0.717) is 10.6 Å². The molecule has 0 fully saturated rings. The first-order valence-electron chi connectivity index (χ1n) is 7.10.